The molecule has 1 N–H and O–H groups in total. The van der Waals surface area contributed by atoms with E-state index in [0.29, 0.717) is 36.3 Å². The Labute approximate surface area is 210 Å². The van der Waals surface area contributed by atoms with E-state index in [0.717, 1.165) is 50.8 Å². The van der Waals surface area contributed by atoms with Gasteiger partial charge in [-0.3, -0.25) is 9.59 Å². The van der Waals surface area contributed by atoms with Crippen molar-refractivity contribution in [2.24, 2.45) is 34.5 Å². The van der Waals surface area contributed by atoms with Crippen molar-refractivity contribution in [3.05, 3.63) is 35.3 Å². The number of carbonyl (C=O) groups excluding carboxylic acids is 2. The molecule has 196 valence electrons. The number of piperidine rings is 1. The van der Waals surface area contributed by atoms with Gasteiger partial charge < -0.3 is 10.2 Å². The van der Waals surface area contributed by atoms with Crippen LogP contribution in [0.1, 0.15) is 77.8 Å². The van der Waals surface area contributed by atoms with Gasteiger partial charge in [0.1, 0.15) is 5.69 Å². The average molecular weight is 504 g/mol. The molecular weight excluding hydrogens is 467 g/mol. The Hall–Kier alpha value is -2.38. The Bertz CT molecular complexity index is 1100. The van der Waals surface area contributed by atoms with Gasteiger partial charge >= 0.3 is 6.18 Å². The topological polar surface area (TPSA) is 62.3 Å². The van der Waals surface area contributed by atoms with Crippen LogP contribution in [0.2, 0.25) is 0 Å². The first-order chi connectivity index (χ1) is 16.8. The number of alkyl halides is 3. The minimum absolute atomic E-state index is 0.0298. The summed E-state index contributed by atoms with van der Waals surface area (Å²) in [5.41, 5.74) is 2.02. The molecule has 1 aliphatic heterocycles. The van der Waals surface area contributed by atoms with Gasteiger partial charge in [-0.15, -0.1) is 0 Å². The average Bonchev–Trinajstić information content (AvgIpc) is 3.12. The van der Waals surface area contributed by atoms with Crippen LogP contribution in [-0.4, -0.2) is 28.7 Å². The number of nitrogens with one attached hydrogen (secondary N) is 1. The van der Waals surface area contributed by atoms with Crippen molar-refractivity contribution in [2.45, 2.75) is 78.3 Å². The Balaban J connectivity index is 1.30. The highest BCUT2D eigenvalue weighted by atomic mass is 19.4. The highest BCUT2D eigenvalue weighted by Crippen LogP contribution is 2.67. The molecule has 0 radical (unpaired) electrons. The molecule has 5 nitrogen and oxygen atoms in total. The van der Waals surface area contributed by atoms with E-state index in [1.807, 2.05) is 11.9 Å². The zero-order valence-corrected chi connectivity index (χ0v) is 21.5. The second-order valence-electron chi connectivity index (χ2n) is 12.1. The van der Waals surface area contributed by atoms with Gasteiger partial charge in [0.25, 0.3) is 0 Å². The molecule has 8 heteroatoms. The van der Waals surface area contributed by atoms with Crippen molar-refractivity contribution >= 4 is 17.5 Å². The first kappa shape index (κ1) is 25.3. The lowest BCUT2D eigenvalue weighted by molar-refractivity contribution is -0.141. The molecule has 0 aromatic carbocycles. The first-order valence-electron chi connectivity index (χ1n) is 13.1. The summed E-state index contributed by atoms with van der Waals surface area (Å²) in [5, 5.41) is 2.76. The van der Waals surface area contributed by atoms with Crippen LogP contribution in [0, 0.1) is 34.5 Å². The van der Waals surface area contributed by atoms with Gasteiger partial charge in [-0.2, -0.15) is 13.2 Å². The maximum atomic E-state index is 12.9. The predicted octanol–water partition coefficient (Wildman–Crippen LogP) is 6.42. The number of amides is 2. The lowest BCUT2D eigenvalue weighted by Crippen LogP contribution is -2.54. The molecule has 4 aliphatic rings. The Kier molecular flexibility index (Phi) is 6.03. The number of nitrogens with zero attached hydrogens (tertiary/aromatic N) is 2. The maximum absolute atomic E-state index is 12.9. The fourth-order valence-corrected chi connectivity index (χ4v) is 8.62. The molecule has 1 saturated heterocycles. The third-order valence-electron chi connectivity index (χ3n) is 10.3. The van der Waals surface area contributed by atoms with E-state index in [4.69, 9.17) is 0 Å². The van der Waals surface area contributed by atoms with Crippen LogP contribution in [0.25, 0.3) is 0 Å². The fraction of sp³-hybridized carbons (Fsp3) is 0.679. The van der Waals surface area contributed by atoms with E-state index in [1.54, 1.807) is 0 Å². The Morgan fingerprint density at radius 2 is 1.92 bits per heavy atom. The number of allylic oxidation sites excluding steroid dienone is 2. The quantitative estimate of drug-likeness (QED) is 0.518. The molecule has 5 rings (SSSR count). The van der Waals surface area contributed by atoms with E-state index in [-0.39, 0.29) is 28.6 Å². The van der Waals surface area contributed by atoms with Gasteiger partial charge in [-0.1, -0.05) is 19.4 Å². The van der Waals surface area contributed by atoms with Gasteiger partial charge in [0.05, 0.1) is 11.9 Å². The zero-order valence-electron chi connectivity index (χ0n) is 21.5. The summed E-state index contributed by atoms with van der Waals surface area (Å²) in [5.74, 6) is 1.96. The summed E-state index contributed by atoms with van der Waals surface area (Å²) in [4.78, 5) is 30.7. The van der Waals surface area contributed by atoms with Crippen LogP contribution in [0.4, 0.5) is 18.9 Å². The highest BCUT2D eigenvalue weighted by Gasteiger charge is 2.60. The molecule has 0 spiro atoms. The number of halogens is 3. The molecule has 3 aliphatic carbocycles. The first-order valence-corrected chi connectivity index (χ1v) is 13.1. The van der Waals surface area contributed by atoms with Crippen molar-refractivity contribution in [1.82, 2.24) is 9.88 Å². The molecule has 6 atom stereocenters. The molecule has 1 aromatic rings. The number of rotatable bonds is 3. The van der Waals surface area contributed by atoms with Crippen LogP contribution in [0.3, 0.4) is 0 Å². The summed E-state index contributed by atoms with van der Waals surface area (Å²) in [6.45, 7) is 6.92. The number of hydrogen-bond acceptors (Lipinski definition) is 3. The molecule has 2 amide bonds. The molecule has 2 heterocycles. The van der Waals surface area contributed by atoms with E-state index in [2.05, 4.69) is 31.1 Å². The van der Waals surface area contributed by atoms with Gasteiger partial charge in [0, 0.05) is 31.0 Å². The van der Waals surface area contributed by atoms with Crippen molar-refractivity contribution < 1.29 is 22.8 Å². The summed E-state index contributed by atoms with van der Waals surface area (Å²) in [7, 11) is 1.93. The Morgan fingerprint density at radius 3 is 2.58 bits per heavy atom. The summed E-state index contributed by atoms with van der Waals surface area (Å²) in [6, 6.07) is 2.16. The van der Waals surface area contributed by atoms with Crippen LogP contribution >= 0.6 is 0 Å². The number of aromatic nitrogens is 1. The highest BCUT2D eigenvalue weighted by molar-refractivity contribution is 5.90. The Morgan fingerprint density at radius 1 is 1.17 bits per heavy atom. The van der Waals surface area contributed by atoms with Crippen LogP contribution < -0.4 is 5.32 Å². The van der Waals surface area contributed by atoms with E-state index >= 15 is 0 Å². The van der Waals surface area contributed by atoms with Crippen molar-refractivity contribution in [3.63, 3.8) is 0 Å². The van der Waals surface area contributed by atoms with E-state index in [9.17, 15) is 22.8 Å². The molecule has 2 unspecified atom stereocenters. The second-order valence-corrected chi connectivity index (χ2v) is 12.1. The molecule has 0 bridgehead atoms. The monoisotopic (exact) mass is 503 g/mol. The number of pyridine rings is 1. The second kappa shape index (κ2) is 8.59. The summed E-state index contributed by atoms with van der Waals surface area (Å²) in [6.07, 6.45) is 3.76. The van der Waals surface area contributed by atoms with Crippen LogP contribution in [0.15, 0.2) is 29.6 Å². The number of hydrogen-bond donors (Lipinski definition) is 1. The van der Waals surface area contributed by atoms with E-state index in [1.165, 1.54) is 17.3 Å². The van der Waals surface area contributed by atoms with Crippen LogP contribution in [0.5, 0.6) is 0 Å². The van der Waals surface area contributed by atoms with Crippen molar-refractivity contribution in [1.29, 1.82) is 0 Å². The van der Waals surface area contributed by atoms with Crippen molar-refractivity contribution in [3.8, 4) is 0 Å². The standard InChI is InChI=1S/C28H36F3N3O2/c1-16-13-19-20-7-5-17(14-23(35)33-18-6-8-22(32-15-18)28(29,30)31)26(20,2)11-9-21(19)27(3)12-10-24(36)34(4)25(16)27/h6,8,15,17,19-21H,5,7,9-14H2,1-4H3,(H,33,35)/t17-,19?,20+,21?,26-,27-/m1/s1. The summed E-state index contributed by atoms with van der Waals surface area (Å²) >= 11 is 0. The lowest BCUT2D eigenvalue weighted by atomic mass is 9.48. The van der Waals surface area contributed by atoms with Crippen LogP contribution in [-0.2, 0) is 15.8 Å². The van der Waals surface area contributed by atoms with Gasteiger partial charge in [0.2, 0.25) is 11.8 Å². The number of likely N-dealkylation sites (tertiary alicyclic amines) is 1. The third kappa shape index (κ3) is 3.95. The minimum atomic E-state index is -4.50. The molecule has 3 fully saturated rings. The van der Waals surface area contributed by atoms with E-state index < -0.39 is 11.9 Å². The lowest BCUT2D eigenvalue weighted by Gasteiger charge is -2.59. The van der Waals surface area contributed by atoms with Gasteiger partial charge in [-0.25, -0.2) is 4.98 Å². The molecule has 36 heavy (non-hydrogen) atoms. The molecular formula is C28H36F3N3O2. The number of carbonyl (C=O) groups is 2. The normalized spacial score (nSPS) is 36.3. The minimum Gasteiger partial charge on any atom is -0.325 e. The SMILES string of the molecule is CC1=C2N(C)C(=O)CC[C@]2(C)C2CC[C@]3(C)[C@@H](CC(=O)Nc4ccc(C(F)(F)F)nc4)CC[C@H]3C2C1. The number of fused-ring (bicyclic) bond motifs is 5. The fourth-order valence-electron chi connectivity index (χ4n) is 8.62. The third-order valence-corrected chi connectivity index (χ3v) is 10.3. The summed E-state index contributed by atoms with van der Waals surface area (Å²) < 4.78 is 38.3. The van der Waals surface area contributed by atoms with Crippen molar-refractivity contribution in [2.75, 3.05) is 12.4 Å². The van der Waals surface area contributed by atoms with Gasteiger partial charge in [0.15, 0.2) is 0 Å². The maximum Gasteiger partial charge on any atom is 0.433 e. The predicted molar refractivity (Wildman–Crippen MR) is 130 cm³/mol. The smallest absolute Gasteiger partial charge is 0.325 e. The zero-order chi connectivity index (χ0) is 26.0. The largest absolute Gasteiger partial charge is 0.433 e. The number of anilines is 1. The molecule has 2 saturated carbocycles. The molecule has 1 aromatic heterocycles. The van der Waals surface area contributed by atoms with Gasteiger partial charge in [-0.05, 0) is 86.7 Å².